The van der Waals surface area contributed by atoms with Crippen molar-refractivity contribution in [3.8, 4) is 5.75 Å². The first kappa shape index (κ1) is 14.2. The van der Waals surface area contributed by atoms with E-state index in [0.717, 1.165) is 30.1 Å². The molecule has 1 spiro atoms. The van der Waals surface area contributed by atoms with E-state index in [4.69, 9.17) is 4.74 Å². The molecular weight excluding hydrogens is 286 g/mol. The van der Waals surface area contributed by atoms with Gasteiger partial charge in [0.2, 0.25) is 0 Å². The molecule has 1 aliphatic heterocycles. The van der Waals surface area contributed by atoms with Gasteiger partial charge < -0.3 is 9.64 Å². The summed E-state index contributed by atoms with van der Waals surface area (Å²) in [5, 5.41) is 0. The molecule has 1 saturated carbocycles. The normalized spacial score (nSPS) is 18.3. The topological polar surface area (TPSA) is 38.2 Å². The lowest BCUT2D eigenvalue weighted by Gasteiger charge is -2.58. The molecule has 2 fully saturated rings. The molecule has 4 nitrogen and oxygen atoms in total. The molecule has 0 bridgehead atoms. The third kappa shape index (κ3) is 2.58. The van der Waals surface area contributed by atoms with Gasteiger partial charge in [0.15, 0.2) is 0 Å². The second-order valence-corrected chi connectivity index (χ2v) is 6.79. The van der Waals surface area contributed by atoms with Crippen LogP contribution in [-0.2, 0) is 0 Å². The van der Waals surface area contributed by atoms with Crippen LogP contribution in [0.25, 0.3) is 6.08 Å². The summed E-state index contributed by atoms with van der Waals surface area (Å²) in [5.41, 5.74) is 5.37. The highest BCUT2D eigenvalue weighted by molar-refractivity contribution is 5.61. The van der Waals surface area contributed by atoms with Crippen molar-refractivity contribution in [2.24, 2.45) is 5.41 Å². The summed E-state index contributed by atoms with van der Waals surface area (Å²) in [6, 6.07) is 6.17. The van der Waals surface area contributed by atoms with Crippen molar-refractivity contribution >= 4 is 11.8 Å². The van der Waals surface area contributed by atoms with E-state index >= 15 is 0 Å². The van der Waals surface area contributed by atoms with Gasteiger partial charge in [0, 0.05) is 42.2 Å². The first-order valence-corrected chi connectivity index (χ1v) is 8.03. The zero-order chi connectivity index (χ0) is 15.9. The van der Waals surface area contributed by atoms with E-state index in [9.17, 15) is 0 Å². The number of ether oxygens (including phenoxy) is 1. The summed E-state index contributed by atoms with van der Waals surface area (Å²) in [6.07, 6.45) is 10.2. The van der Waals surface area contributed by atoms with Crippen LogP contribution in [0.1, 0.15) is 24.1 Å². The maximum Gasteiger partial charge on any atom is 0.129 e. The summed E-state index contributed by atoms with van der Waals surface area (Å²) in [4.78, 5) is 11.0. The number of hydrogen-bond donors (Lipinski definition) is 0. The highest BCUT2D eigenvalue weighted by Crippen LogP contribution is 2.53. The fourth-order valence-corrected chi connectivity index (χ4v) is 3.74. The number of hydrogen-bond acceptors (Lipinski definition) is 4. The van der Waals surface area contributed by atoms with Gasteiger partial charge in [0.05, 0.1) is 19.0 Å². The van der Waals surface area contributed by atoms with Crippen LogP contribution in [0.4, 0.5) is 5.69 Å². The number of allylic oxidation sites excluding steroid dienone is 1. The van der Waals surface area contributed by atoms with Crippen molar-refractivity contribution in [1.29, 1.82) is 0 Å². The summed E-state index contributed by atoms with van der Waals surface area (Å²) in [7, 11) is 1.71. The van der Waals surface area contributed by atoms with Gasteiger partial charge in [-0.25, -0.2) is 0 Å². The number of nitrogens with zero attached hydrogens (tertiary/aromatic N) is 3. The second kappa shape index (κ2) is 5.37. The summed E-state index contributed by atoms with van der Waals surface area (Å²) in [6.45, 7) is 4.30. The number of aromatic nitrogens is 2. The zero-order valence-corrected chi connectivity index (χ0v) is 13.6. The van der Waals surface area contributed by atoms with Crippen LogP contribution in [-0.4, -0.2) is 30.2 Å². The van der Waals surface area contributed by atoms with Gasteiger partial charge in [-0.15, -0.1) is 0 Å². The predicted molar refractivity (Wildman–Crippen MR) is 91.6 cm³/mol. The van der Waals surface area contributed by atoms with Gasteiger partial charge in [-0.1, -0.05) is 11.6 Å². The molecule has 4 heteroatoms. The van der Waals surface area contributed by atoms with E-state index in [1.165, 1.54) is 24.1 Å². The highest BCUT2D eigenvalue weighted by Gasteiger charge is 2.49. The van der Waals surface area contributed by atoms with Crippen molar-refractivity contribution in [3.05, 3.63) is 53.6 Å². The Balaban J connectivity index is 1.39. The van der Waals surface area contributed by atoms with Gasteiger partial charge in [-0.3, -0.25) is 9.97 Å². The average molecular weight is 307 g/mol. The van der Waals surface area contributed by atoms with Crippen LogP contribution in [0.2, 0.25) is 0 Å². The smallest absolute Gasteiger partial charge is 0.129 e. The predicted octanol–water partition coefficient (Wildman–Crippen LogP) is 3.48. The number of anilines is 1. The minimum Gasteiger partial charge on any atom is -0.496 e. The second-order valence-electron chi connectivity index (χ2n) is 6.79. The van der Waals surface area contributed by atoms with Crippen molar-refractivity contribution < 1.29 is 4.74 Å². The third-order valence-corrected chi connectivity index (χ3v) is 4.91. The molecule has 2 aliphatic rings. The summed E-state index contributed by atoms with van der Waals surface area (Å²) >= 11 is 0. The Labute approximate surface area is 136 Å². The number of methoxy groups -OCH3 is 1. The Morgan fingerprint density at radius 2 is 2.00 bits per heavy atom. The molecule has 23 heavy (non-hydrogen) atoms. The first-order chi connectivity index (χ1) is 11.2. The first-order valence-electron chi connectivity index (χ1n) is 8.03. The van der Waals surface area contributed by atoms with E-state index in [0.29, 0.717) is 5.41 Å². The fourth-order valence-electron chi connectivity index (χ4n) is 3.74. The molecular formula is C19H21N3O. The van der Waals surface area contributed by atoms with E-state index in [1.54, 1.807) is 13.3 Å². The third-order valence-electron chi connectivity index (χ3n) is 4.91. The monoisotopic (exact) mass is 307 g/mol. The molecule has 4 rings (SSSR count). The molecule has 0 amide bonds. The van der Waals surface area contributed by atoms with Crippen molar-refractivity contribution in [3.63, 3.8) is 0 Å². The van der Waals surface area contributed by atoms with Crippen LogP contribution in [0.15, 0.2) is 42.4 Å². The van der Waals surface area contributed by atoms with Crippen molar-refractivity contribution in [2.75, 3.05) is 25.1 Å². The van der Waals surface area contributed by atoms with Gasteiger partial charge >= 0.3 is 0 Å². The molecule has 0 N–H and O–H groups in total. The van der Waals surface area contributed by atoms with Crippen molar-refractivity contribution in [1.82, 2.24) is 9.97 Å². The van der Waals surface area contributed by atoms with Crippen LogP contribution >= 0.6 is 0 Å². The molecule has 1 aliphatic carbocycles. The Bertz CT molecular complexity index is 735. The molecule has 118 valence electrons. The maximum atomic E-state index is 5.39. The molecule has 0 aromatic carbocycles. The van der Waals surface area contributed by atoms with Crippen LogP contribution in [0, 0.1) is 12.3 Å². The average Bonchev–Trinajstić information content (AvgIpc) is 2.50. The summed E-state index contributed by atoms with van der Waals surface area (Å²) < 4.78 is 5.39. The molecule has 0 atom stereocenters. The summed E-state index contributed by atoms with van der Waals surface area (Å²) in [5.74, 6) is 0.898. The van der Waals surface area contributed by atoms with Crippen LogP contribution < -0.4 is 9.64 Å². The minimum absolute atomic E-state index is 0.478. The molecule has 3 heterocycles. The zero-order valence-electron chi connectivity index (χ0n) is 13.6. The molecule has 0 unspecified atom stereocenters. The van der Waals surface area contributed by atoms with Gasteiger partial charge in [-0.2, -0.15) is 0 Å². The maximum absolute atomic E-state index is 5.39. The largest absolute Gasteiger partial charge is 0.496 e. The molecule has 1 saturated heterocycles. The van der Waals surface area contributed by atoms with Gasteiger partial charge in [0.25, 0.3) is 0 Å². The van der Waals surface area contributed by atoms with E-state index in [1.807, 2.05) is 25.4 Å². The molecule has 2 aromatic rings. The Morgan fingerprint density at radius 3 is 2.70 bits per heavy atom. The van der Waals surface area contributed by atoms with E-state index < -0.39 is 0 Å². The minimum atomic E-state index is 0.478. The van der Waals surface area contributed by atoms with Crippen LogP contribution in [0.5, 0.6) is 5.75 Å². The standard InChI is InChI=1S/C19H21N3O/c1-14-3-4-17(11-21-14)22-12-19(13-22)8-15(9-19)7-16-10-20-6-5-18(16)23-2/h3-7,10-11H,8-9,12-13H2,1-2H3. The number of rotatable bonds is 3. The Hall–Kier alpha value is -2.36. The van der Waals surface area contributed by atoms with Crippen LogP contribution in [0.3, 0.4) is 0 Å². The lowest BCUT2D eigenvalue weighted by molar-refractivity contribution is 0.150. The van der Waals surface area contributed by atoms with Crippen molar-refractivity contribution in [2.45, 2.75) is 19.8 Å². The molecule has 2 aromatic heterocycles. The quantitative estimate of drug-likeness (QED) is 0.870. The Morgan fingerprint density at radius 1 is 1.17 bits per heavy atom. The highest BCUT2D eigenvalue weighted by atomic mass is 16.5. The van der Waals surface area contributed by atoms with E-state index in [2.05, 4.69) is 33.1 Å². The van der Waals surface area contributed by atoms with E-state index in [-0.39, 0.29) is 0 Å². The SMILES string of the molecule is COc1ccncc1C=C1CC2(C1)CN(c1ccc(C)nc1)C2. The lowest BCUT2D eigenvalue weighted by atomic mass is 9.60. The lowest BCUT2D eigenvalue weighted by Crippen LogP contribution is -2.60. The fraction of sp³-hybridized carbons (Fsp3) is 0.368. The Kier molecular flexibility index (Phi) is 3.33. The molecule has 0 radical (unpaired) electrons. The van der Waals surface area contributed by atoms with Gasteiger partial charge in [0.1, 0.15) is 5.75 Å². The number of pyridine rings is 2. The van der Waals surface area contributed by atoms with Gasteiger partial charge in [-0.05, 0) is 38.0 Å². The number of aryl methyl sites for hydroxylation is 1.